The quantitative estimate of drug-likeness (QED) is 0.146. The third-order valence-electron chi connectivity index (χ3n) is 8.88. The van der Waals surface area contributed by atoms with Gasteiger partial charge in [-0.1, -0.05) is 115 Å². The summed E-state index contributed by atoms with van der Waals surface area (Å²) in [5, 5.41) is 5.61. The highest BCUT2D eigenvalue weighted by molar-refractivity contribution is 5.83. The Hall–Kier alpha value is -1.43. The summed E-state index contributed by atoms with van der Waals surface area (Å²) in [6, 6.07) is 6.33. The van der Waals surface area contributed by atoms with E-state index in [1.807, 2.05) is 0 Å². The van der Waals surface area contributed by atoms with Crippen LogP contribution in [0.4, 0.5) is 0 Å². The molecule has 0 spiro atoms. The number of nitrogens with zero attached hydrogens (tertiary/aromatic N) is 1. The monoisotopic (exact) mass is 587 g/mol. The van der Waals surface area contributed by atoms with Crippen molar-refractivity contribution in [1.29, 1.82) is 0 Å². The molecule has 0 bridgehead atoms. The zero-order valence-corrected chi connectivity index (χ0v) is 28.8. The van der Waals surface area contributed by atoms with Gasteiger partial charge in [0.1, 0.15) is 0 Å². The van der Waals surface area contributed by atoms with E-state index in [4.69, 9.17) is 9.57 Å². The number of amides is 1. The van der Waals surface area contributed by atoms with Crippen LogP contribution in [0.1, 0.15) is 167 Å². The molecule has 242 valence electrons. The van der Waals surface area contributed by atoms with E-state index in [0.29, 0.717) is 6.61 Å². The summed E-state index contributed by atoms with van der Waals surface area (Å²) in [4.78, 5) is 20.1. The van der Waals surface area contributed by atoms with E-state index in [0.717, 1.165) is 49.8 Å². The molecule has 1 aromatic rings. The molecule has 1 heterocycles. The zero-order chi connectivity index (χ0) is 31.0. The van der Waals surface area contributed by atoms with Gasteiger partial charge in [-0.05, 0) is 78.4 Å². The number of benzene rings is 1. The number of rotatable bonds is 21. The Bertz CT molecular complexity index is 879. The molecule has 0 radical (unpaired) electrons. The number of hydrogen-bond donors (Lipinski definition) is 1. The highest BCUT2D eigenvalue weighted by atomic mass is 16.7. The Morgan fingerprint density at radius 2 is 1.33 bits per heavy atom. The summed E-state index contributed by atoms with van der Waals surface area (Å²) in [5.74, 6) is -0.0273. The van der Waals surface area contributed by atoms with Crippen molar-refractivity contribution in [2.45, 2.75) is 181 Å². The number of nitrogens with one attached hydrogen (secondary N) is 1. The third-order valence-corrected chi connectivity index (χ3v) is 8.88. The number of unbranched alkanes of at least 4 members (excludes halogenated alkanes) is 12. The van der Waals surface area contributed by atoms with Gasteiger partial charge in [0.05, 0.1) is 6.61 Å². The Kier molecular flexibility index (Phi) is 16.7. The van der Waals surface area contributed by atoms with Crippen LogP contribution in [0.15, 0.2) is 18.2 Å². The van der Waals surface area contributed by atoms with Crippen LogP contribution in [0.5, 0.6) is 0 Å². The SMILES string of the molecule is CCCCCCCCCCCCCCON1C(C)(C)CC(NC(=O)C(OCCCC)c2ccc(C)cc2C)CC1(C)C. The number of ether oxygens (including phenoxy) is 1. The van der Waals surface area contributed by atoms with Gasteiger partial charge in [0.25, 0.3) is 5.91 Å². The first kappa shape index (κ1) is 36.8. The minimum atomic E-state index is -0.580. The number of hydroxylamine groups is 2. The third kappa shape index (κ3) is 12.7. The molecular weight excluding hydrogens is 520 g/mol. The van der Waals surface area contributed by atoms with Crippen molar-refractivity contribution in [3.63, 3.8) is 0 Å². The van der Waals surface area contributed by atoms with Crippen molar-refractivity contribution in [3.05, 3.63) is 34.9 Å². The Morgan fingerprint density at radius 3 is 1.86 bits per heavy atom. The molecule has 5 heteroatoms. The number of hydrogen-bond acceptors (Lipinski definition) is 4. The minimum absolute atomic E-state index is 0.0273. The van der Waals surface area contributed by atoms with Gasteiger partial charge >= 0.3 is 0 Å². The molecule has 1 aliphatic rings. The summed E-state index contributed by atoms with van der Waals surface area (Å²) in [6.45, 7) is 18.9. The first-order valence-corrected chi connectivity index (χ1v) is 17.4. The fraction of sp³-hybridized carbons (Fsp3) is 0.811. The standard InChI is InChI=1S/C37H66N2O3/c1-9-11-13-14-15-16-17-18-19-20-21-22-26-42-39-36(5,6)28-32(29-37(39,7)8)38-35(40)34(41-25-12-10-2)33-24-23-30(3)27-31(33)4/h23-24,27,32,34H,9-22,25-26,28-29H2,1-8H3,(H,38,40). The lowest BCUT2D eigenvalue weighted by Gasteiger charge is -2.54. The molecule has 1 aliphatic heterocycles. The van der Waals surface area contributed by atoms with Crippen molar-refractivity contribution in [3.8, 4) is 0 Å². The van der Waals surface area contributed by atoms with Gasteiger partial charge in [0.15, 0.2) is 6.10 Å². The van der Waals surface area contributed by atoms with Gasteiger partial charge in [-0.25, -0.2) is 0 Å². The van der Waals surface area contributed by atoms with Gasteiger partial charge in [0, 0.05) is 23.7 Å². The fourth-order valence-corrected chi connectivity index (χ4v) is 6.86. The number of carbonyl (C=O) groups excluding carboxylic acids is 1. The van der Waals surface area contributed by atoms with Gasteiger partial charge in [-0.15, -0.1) is 0 Å². The average Bonchev–Trinajstić information content (AvgIpc) is 2.90. The Labute approximate surface area is 259 Å². The van der Waals surface area contributed by atoms with Crippen molar-refractivity contribution < 1.29 is 14.4 Å². The Morgan fingerprint density at radius 1 is 0.810 bits per heavy atom. The van der Waals surface area contributed by atoms with E-state index >= 15 is 0 Å². The second-order valence-corrected chi connectivity index (χ2v) is 14.2. The molecule has 1 N–H and O–H groups in total. The maximum Gasteiger partial charge on any atom is 0.253 e. The van der Waals surface area contributed by atoms with Crippen LogP contribution >= 0.6 is 0 Å². The van der Waals surface area contributed by atoms with E-state index in [1.165, 1.54) is 76.2 Å². The van der Waals surface area contributed by atoms with Crippen LogP contribution in [0, 0.1) is 13.8 Å². The molecule has 0 aliphatic carbocycles. The lowest BCUT2D eigenvalue weighted by atomic mass is 9.79. The molecule has 1 unspecified atom stereocenters. The first-order valence-electron chi connectivity index (χ1n) is 17.4. The summed E-state index contributed by atoms with van der Waals surface area (Å²) in [7, 11) is 0. The van der Waals surface area contributed by atoms with Crippen LogP contribution in [0.2, 0.25) is 0 Å². The van der Waals surface area contributed by atoms with E-state index in [1.54, 1.807) is 0 Å². The predicted octanol–water partition coefficient (Wildman–Crippen LogP) is 9.93. The van der Waals surface area contributed by atoms with E-state index in [9.17, 15) is 4.79 Å². The summed E-state index contributed by atoms with van der Waals surface area (Å²) in [5.41, 5.74) is 2.90. The number of aryl methyl sites for hydroxylation is 2. The number of piperidine rings is 1. The van der Waals surface area contributed by atoms with Crippen LogP contribution in [0.25, 0.3) is 0 Å². The summed E-state index contributed by atoms with van der Waals surface area (Å²) in [6.07, 6.45) is 19.3. The van der Waals surface area contributed by atoms with Crippen LogP contribution in [0.3, 0.4) is 0 Å². The van der Waals surface area contributed by atoms with Crippen molar-refractivity contribution in [2.24, 2.45) is 0 Å². The second-order valence-electron chi connectivity index (χ2n) is 14.2. The second kappa shape index (κ2) is 19.1. The van der Waals surface area contributed by atoms with E-state index < -0.39 is 6.10 Å². The van der Waals surface area contributed by atoms with Crippen LogP contribution in [-0.2, 0) is 14.4 Å². The van der Waals surface area contributed by atoms with Gasteiger partial charge in [-0.3, -0.25) is 9.63 Å². The van der Waals surface area contributed by atoms with Crippen LogP contribution < -0.4 is 5.32 Å². The molecule has 1 fully saturated rings. The van der Waals surface area contributed by atoms with Crippen molar-refractivity contribution in [2.75, 3.05) is 13.2 Å². The van der Waals surface area contributed by atoms with E-state index in [-0.39, 0.29) is 23.0 Å². The van der Waals surface area contributed by atoms with Gasteiger partial charge in [0.2, 0.25) is 0 Å². The molecule has 2 rings (SSSR count). The largest absolute Gasteiger partial charge is 0.364 e. The zero-order valence-electron chi connectivity index (χ0n) is 28.8. The van der Waals surface area contributed by atoms with Gasteiger partial charge < -0.3 is 10.1 Å². The normalized spacial score (nSPS) is 17.8. The average molecular weight is 587 g/mol. The molecular formula is C37H66N2O3. The predicted molar refractivity (Wildman–Crippen MR) is 178 cm³/mol. The van der Waals surface area contributed by atoms with Crippen molar-refractivity contribution in [1.82, 2.24) is 10.4 Å². The lowest BCUT2D eigenvalue weighted by Crippen LogP contribution is -2.64. The highest BCUT2D eigenvalue weighted by Crippen LogP contribution is 2.39. The molecule has 1 atom stereocenters. The smallest absolute Gasteiger partial charge is 0.253 e. The number of carbonyl (C=O) groups is 1. The first-order chi connectivity index (χ1) is 20.0. The van der Waals surface area contributed by atoms with Crippen LogP contribution in [-0.4, -0.2) is 41.3 Å². The molecule has 42 heavy (non-hydrogen) atoms. The topological polar surface area (TPSA) is 50.8 Å². The molecule has 1 amide bonds. The van der Waals surface area contributed by atoms with Crippen molar-refractivity contribution >= 4 is 5.91 Å². The lowest BCUT2D eigenvalue weighted by molar-refractivity contribution is -0.284. The highest BCUT2D eigenvalue weighted by Gasteiger charge is 2.47. The maximum absolute atomic E-state index is 13.7. The maximum atomic E-state index is 13.7. The fourth-order valence-electron chi connectivity index (χ4n) is 6.86. The molecule has 0 aromatic heterocycles. The van der Waals surface area contributed by atoms with E-state index in [2.05, 4.69) is 84.0 Å². The van der Waals surface area contributed by atoms with Gasteiger partial charge in [-0.2, -0.15) is 5.06 Å². The summed E-state index contributed by atoms with van der Waals surface area (Å²) >= 11 is 0. The minimum Gasteiger partial charge on any atom is -0.364 e. The molecule has 0 saturated carbocycles. The molecule has 5 nitrogen and oxygen atoms in total. The molecule has 1 saturated heterocycles. The molecule has 1 aromatic carbocycles. The summed E-state index contributed by atoms with van der Waals surface area (Å²) < 4.78 is 6.20. The Balaban J connectivity index is 1.81.